The Morgan fingerprint density at radius 3 is 3.00 bits per heavy atom. The molecule has 0 saturated heterocycles. The van der Waals surface area contributed by atoms with Gasteiger partial charge in [-0.25, -0.2) is 0 Å². The predicted molar refractivity (Wildman–Crippen MR) is 59.1 cm³/mol. The van der Waals surface area contributed by atoms with Crippen molar-refractivity contribution in [3.05, 3.63) is 30.6 Å². The smallest absolute Gasteiger partial charge is 0.0537 e. The Hall–Kier alpha value is -1.09. The number of hydrogen-bond acceptors (Lipinski definition) is 2. The van der Waals surface area contributed by atoms with Gasteiger partial charge in [0.15, 0.2) is 0 Å². The molecule has 0 aliphatic carbocycles. The van der Waals surface area contributed by atoms with Crippen molar-refractivity contribution in [1.82, 2.24) is 15.1 Å². The SMILES string of the molecule is C=CCCCC(NC)c1cnn(C)c1. The maximum atomic E-state index is 4.17. The van der Waals surface area contributed by atoms with Gasteiger partial charge in [-0.3, -0.25) is 4.68 Å². The number of rotatable bonds is 6. The molecule has 14 heavy (non-hydrogen) atoms. The molecule has 1 aromatic rings. The van der Waals surface area contributed by atoms with E-state index in [9.17, 15) is 0 Å². The van der Waals surface area contributed by atoms with E-state index >= 15 is 0 Å². The van der Waals surface area contributed by atoms with Crippen LogP contribution in [0.15, 0.2) is 25.0 Å². The number of aromatic nitrogens is 2. The summed E-state index contributed by atoms with van der Waals surface area (Å²) in [6, 6.07) is 0.420. The zero-order valence-electron chi connectivity index (χ0n) is 9.03. The van der Waals surface area contributed by atoms with Gasteiger partial charge in [0.1, 0.15) is 0 Å². The molecule has 0 spiro atoms. The molecule has 78 valence electrons. The van der Waals surface area contributed by atoms with Crippen LogP contribution in [-0.2, 0) is 7.05 Å². The lowest BCUT2D eigenvalue weighted by molar-refractivity contribution is 0.529. The highest BCUT2D eigenvalue weighted by atomic mass is 15.2. The van der Waals surface area contributed by atoms with Gasteiger partial charge < -0.3 is 5.32 Å². The fourth-order valence-corrected chi connectivity index (χ4v) is 1.56. The van der Waals surface area contributed by atoms with E-state index in [1.165, 1.54) is 12.0 Å². The molecule has 1 rings (SSSR count). The summed E-state index contributed by atoms with van der Waals surface area (Å²) in [4.78, 5) is 0. The zero-order chi connectivity index (χ0) is 10.4. The van der Waals surface area contributed by atoms with E-state index in [0.29, 0.717) is 6.04 Å². The Morgan fingerprint density at radius 2 is 2.50 bits per heavy atom. The fraction of sp³-hybridized carbons (Fsp3) is 0.545. The van der Waals surface area contributed by atoms with Crippen molar-refractivity contribution in [1.29, 1.82) is 0 Å². The molecule has 1 heterocycles. The Morgan fingerprint density at radius 1 is 1.71 bits per heavy atom. The second kappa shape index (κ2) is 5.60. The molecule has 1 unspecified atom stereocenters. The van der Waals surface area contributed by atoms with E-state index in [0.717, 1.165) is 12.8 Å². The monoisotopic (exact) mass is 193 g/mol. The van der Waals surface area contributed by atoms with Crippen LogP contribution in [0.3, 0.4) is 0 Å². The first kappa shape index (κ1) is 11.0. The van der Waals surface area contributed by atoms with Crippen molar-refractivity contribution in [3.8, 4) is 0 Å². The van der Waals surface area contributed by atoms with E-state index < -0.39 is 0 Å². The minimum Gasteiger partial charge on any atom is -0.313 e. The van der Waals surface area contributed by atoms with Crippen LogP contribution in [-0.4, -0.2) is 16.8 Å². The quantitative estimate of drug-likeness (QED) is 0.553. The molecule has 0 amide bonds. The lowest BCUT2D eigenvalue weighted by Crippen LogP contribution is -2.15. The van der Waals surface area contributed by atoms with Crippen LogP contribution in [0.2, 0.25) is 0 Å². The van der Waals surface area contributed by atoms with Crippen LogP contribution in [0.5, 0.6) is 0 Å². The minimum atomic E-state index is 0.420. The van der Waals surface area contributed by atoms with Crippen molar-refractivity contribution in [2.45, 2.75) is 25.3 Å². The van der Waals surface area contributed by atoms with E-state index in [1.54, 1.807) is 0 Å². The molecular weight excluding hydrogens is 174 g/mol. The van der Waals surface area contributed by atoms with Gasteiger partial charge in [0.25, 0.3) is 0 Å². The first-order valence-corrected chi connectivity index (χ1v) is 5.04. The van der Waals surface area contributed by atoms with Crippen molar-refractivity contribution < 1.29 is 0 Å². The van der Waals surface area contributed by atoms with Crippen molar-refractivity contribution >= 4 is 0 Å². The van der Waals surface area contributed by atoms with E-state index in [4.69, 9.17) is 0 Å². The maximum absolute atomic E-state index is 4.17. The van der Waals surface area contributed by atoms with E-state index in [2.05, 4.69) is 23.2 Å². The van der Waals surface area contributed by atoms with Crippen LogP contribution >= 0.6 is 0 Å². The van der Waals surface area contributed by atoms with Crippen molar-refractivity contribution in [2.75, 3.05) is 7.05 Å². The average molecular weight is 193 g/mol. The first-order valence-electron chi connectivity index (χ1n) is 5.04. The molecule has 0 fully saturated rings. The lowest BCUT2D eigenvalue weighted by Gasteiger charge is -2.13. The normalized spacial score (nSPS) is 12.7. The van der Waals surface area contributed by atoms with Gasteiger partial charge in [0.05, 0.1) is 6.20 Å². The number of aryl methyl sites for hydroxylation is 1. The zero-order valence-corrected chi connectivity index (χ0v) is 9.03. The molecule has 0 bridgehead atoms. The van der Waals surface area contributed by atoms with Gasteiger partial charge in [0, 0.05) is 24.8 Å². The van der Waals surface area contributed by atoms with Gasteiger partial charge >= 0.3 is 0 Å². The highest BCUT2D eigenvalue weighted by Crippen LogP contribution is 2.17. The molecule has 3 heteroatoms. The van der Waals surface area contributed by atoms with Crippen LogP contribution in [0.4, 0.5) is 0 Å². The summed E-state index contributed by atoms with van der Waals surface area (Å²) >= 11 is 0. The third-order valence-electron chi connectivity index (χ3n) is 2.38. The second-order valence-corrected chi connectivity index (χ2v) is 3.51. The summed E-state index contributed by atoms with van der Waals surface area (Å²) in [7, 11) is 3.94. The summed E-state index contributed by atoms with van der Waals surface area (Å²) < 4.78 is 1.84. The fourth-order valence-electron chi connectivity index (χ4n) is 1.56. The number of allylic oxidation sites excluding steroid dienone is 1. The average Bonchev–Trinajstić information content (AvgIpc) is 2.60. The van der Waals surface area contributed by atoms with Crippen molar-refractivity contribution in [3.63, 3.8) is 0 Å². The van der Waals surface area contributed by atoms with Gasteiger partial charge in [0.2, 0.25) is 0 Å². The summed E-state index contributed by atoms with van der Waals surface area (Å²) in [6.45, 7) is 3.72. The number of nitrogens with zero attached hydrogens (tertiary/aromatic N) is 2. The Bertz CT molecular complexity index is 278. The van der Waals surface area contributed by atoms with Gasteiger partial charge in [-0.1, -0.05) is 6.08 Å². The number of hydrogen-bond donors (Lipinski definition) is 1. The molecule has 0 aliphatic heterocycles. The molecule has 0 aliphatic rings. The van der Waals surface area contributed by atoms with Gasteiger partial charge in [-0.2, -0.15) is 5.10 Å². The molecule has 3 nitrogen and oxygen atoms in total. The Kier molecular flexibility index (Phi) is 4.40. The molecule has 0 radical (unpaired) electrons. The third kappa shape index (κ3) is 3.00. The standard InChI is InChI=1S/C11H19N3/c1-4-5-6-7-11(12-2)10-8-13-14(3)9-10/h4,8-9,11-12H,1,5-7H2,2-3H3. The highest BCUT2D eigenvalue weighted by molar-refractivity contribution is 5.09. The van der Waals surface area contributed by atoms with Gasteiger partial charge in [-0.05, 0) is 26.3 Å². The molecule has 0 aromatic carbocycles. The lowest BCUT2D eigenvalue weighted by atomic mass is 10.0. The van der Waals surface area contributed by atoms with Crippen LogP contribution in [0.1, 0.15) is 30.9 Å². The molecule has 1 N–H and O–H groups in total. The molecule has 1 atom stereocenters. The van der Waals surface area contributed by atoms with Gasteiger partial charge in [-0.15, -0.1) is 6.58 Å². The Balaban J connectivity index is 2.49. The first-order chi connectivity index (χ1) is 6.77. The minimum absolute atomic E-state index is 0.420. The molecule has 1 aromatic heterocycles. The Labute approximate surface area is 85.8 Å². The number of unbranched alkanes of at least 4 members (excludes halogenated alkanes) is 1. The van der Waals surface area contributed by atoms with E-state index in [1.807, 2.05) is 31.1 Å². The molecule has 0 saturated carbocycles. The number of nitrogens with one attached hydrogen (secondary N) is 1. The van der Waals surface area contributed by atoms with Crippen molar-refractivity contribution in [2.24, 2.45) is 7.05 Å². The highest BCUT2D eigenvalue weighted by Gasteiger charge is 2.09. The third-order valence-corrected chi connectivity index (χ3v) is 2.38. The summed E-state index contributed by atoms with van der Waals surface area (Å²) in [6.07, 6.45) is 9.34. The predicted octanol–water partition coefficient (Wildman–Crippen LogP) is 2.04. The maximum Gasteiger partial charge on any atom is 0.0537 e. The van der Waals surface area contributed by atoms with Crippen LogP contribution < -0.4 is 5.32 Å². The van der Waals surface area contributed by atoms with Crippen LogP contribution in [0, 0.1) is 0 Å². The molecular formula is C11H19N3. The summed E-state index contributed by atoms with van der Waals surface area (Å²) in [5.74, 6) is 0. The summed E-state index contributed by atoms with van der Waals surface area (Å²) in [5.41, 5.74) is 1.26. The largest absolute Gasteiger partial charge is 0.313 e. The second-order valence-electron chi connectivity index (χ2n) is 3.51. The van der Waals surface area contributed by atoms with Crippen LogP contribution in [0.25, 0.3) is 0 Å². The topological polar surface area (TPSA) is 29.9 Å². The van der Waals surface area contributed by atoms with E-state index in [-0.39, 0.29) is 0 Å². The summed E-state index contributed by atoms with van der Waals surface area (Å²) in [5, 5.41) is 7.47.